The lowest BCUT2D eigenvalue weighted by molar-refractivity contribution is -0.145. The van der Waals surface area contributed by atoms with E-state index in [2.05, 4.69) is 20.2 Å². The number of aliphatic hydroxyl groups excluding tert-OH is 1. The molecule has 0 unspecified atom stereocenters. The lowest BCUT2D eigenvalue weighted by atomic mass is 10.4. The molecule has 0 saturated heterocycles. The van der Waals surface area contributed by atoms with E-state index < -0.39 is 12.0 Å². The highest BCUT2D eigenvalue weighted by atomic mass is 32.2. The Kier molecular flexibility index (Phi) is 4.35. The zero-order valence-corrected chi connectivity index (χ0v) is 12.6. The number of halogens is 3. The Balaban J connectivity index is 2.15. The maximum atomic E-state index is 13.2. The lowest BCUT2D eigenvalue weighted by Crippen LogP contribution is -2.12. The summed E-state index contributed by atoms with van der Waals surface area (Å²) in [5, 5.41) is 16.1. The Morgan fingerprint density at radius 3 is 2.74 bits per heavy atom. The van der Waals surface area contributed by atoms with Crippen molar-refractivity contribution in [1.82, 2.24) is 24.6 Å². The van der Waals surface area contributed by atoms with Crippen molar-refractivity contribution in [3.63, 3.8) is 0 Å². The van der Waals surface area contributed by atoms with E-state index in [1.165, 1.54) is 18.0 Å². The van der Waals surface area contributed by atoms with Gasteiger partial charge >= 0.3 is 6.18 Å². The van der Waals surface area contributed by atoms with E-state index in [9.17, 15) is 13.2 Å². The number of pyridine rings is 1. The molecule has 0 fully saturated rings. The quantitative estimate of drug-likeness (QED) is 0.567. The molecule has 0 aliphatic carbocycles. The lowest BCUT2D eigenvalue weighted by Gasteiger charge is -2.08. The minimum absolute atomic E-state index is 0.0394. The number of aromatic nitrogens is 5. The first kappa shape index (κ1) is 15.9. The summed E-state index contributed by atoms with van der Waals surface area (Å²) in [7, 11) is 0. The summed E-state index contributed by atoms with van der Waals surface area (Å²) in [5.74, 6) is -0.501. The van der Waals surface area contributed by atoms with Gasteiger partial charge in [-0.15, -0.1) is 22.0 Å². The molecule has 0 bridgehead atoms. The molecule has 0 spiro atoms. The minimum atomic E-state index is -4.63. The van der Waals surface area contributed by atoms with Crippen LogP contribution in [0.25, 0.3) is 16.8 Å². The minimum Gasteiger partial charge on any atom is -0.396 e. The van der Waals surface area contributed by atoms with Crippen molar-refractivity contribution in [3.8, 4) is 0 Å². The monoisotopic (exact) mass is 343 g/mol. The summed E-state index contributed by atoms with van der Waals surface area (Å²) >= 11 is 1.29. The van der Waals surface area contributed by atoms with Gasteiger partial charge in [-0.3, -0.25) is 4.40 Å². The molecule has 0 amide bonds. The van der Waals surface area contributed by atoms with Gasteiger partial charge in [0.1, 0.15) is 10.5 Å². The Morgan fingerprint density at radius 1 is 1.17 bits per heavy atom. The third-order valence-corrected chi connectivity index (χ3v) is 4.14. The second kappa shape index (κ2) is 6.28. The van der Waals surface area contributed by atoms with Crippen LogP contribution in [0.2, 0.25) is 0 Å². The van der Waals surface area contributed by atoms with Crippen LogP contribution in [0.1, 0.15) is 18.7 Å². The maximum absolute atomic E-state index is 13.2. The third kappa shape index (κ3) is 3.08. The van der Waals surface area contributed by atoms with Gasteiger partial charge in [0.15, 0.2) is 11.3 Å². The first-order valence-electron chi connectivity index (χ1n) is 6.83. The zero-order valence-electron chi connectivity index (χ0n) is 11.8. The molecule has 122 valence electrons. The van der Waals surface area contributed by atoms with Gasteiger partial charge in [-0.05, 0) is 30.7 Å². The first-order valence-corrected chi connectivity index (χ1v) is 7.81. The molecule has 23 heavy (non-hydrogen) atoms. The van der Waals surface area contributed by atoms with Crippen LogP contribution in [0.4, 0.5) is 13.2 Å². The number of aliphatic hydroxyl groups is 1. The van der Waals surface area contributed by atoms with Gasteiger partial charge in [0, 0.05) is 12.8 Å². The van der Waals surface area contributed by atoms with Crippen LogP contribution in [-0.4, -0.2) is 42.0 Å². The first-order chi connectivity index (χ1) is 11.0. The summed E-state index contributed by atoms with van der Waals surface area (Å²) < 4.78 is 40.4. The third-order valence-electron chi connectivity index (χ3n) is 3.10. The fourth-order valence-electron chi connectivity index (χ4n) is 2.09. The predicted molar refractivity (Wildman–Crippen MR) is 78.1 cm³/mol. The van der Waals surface area contributed by atoms with E-state index in [1.807, 2.05) is 0 Å². The highest BCUT2D eigenvalue weighted by molar-refractivity contribution is 7.99. The van der Waals surface area contributed by atoms with Crippen molar-refractivity contribution in [1.29, 1.82) is 0 Å². The number of fused-ring (bicyclic) bond motifs is 3. The molecule has 3 rings (SSSR count). The average molecular weight is 343 g/mol. The van der Waals surface area contributed by atoms with Crippen molar-refractivity contribution in [2.75, 3.05) is 12.4 Å². The number of thioether (sulfide) groups is 1. The van der Waals surface area contributed by atoms with Crippen molar-refractivity contribution in [2.24, 2.45) is 0 Å². The molecule has 0 aliphatic heterocycles. The van der Waals surface area contributed by atoms with E-state index in [-0.39, 0.29) is 17.9 Å². The predicted octanol–water partition coefficient (Wildman–Crippen LogP) is 2.56. The molecule has 0 atom stereocenters. The van der Waals surface area contributed by atoms with E-state index in [4.69, 9.17) is 5.11 Å². The van der Waals surface area contributed by atoms with Gasteiger partial charge in [-0.25, -0.2) is 9.97 Å². The SMILES string of the molecule is OCCCCSc1nc2cccnc2n2c(C(F)(F)F)nnc12. The molecule has 0 radical (unpaired) electrons. The normalized spacial score (nSPS) is 12.3. The molecule has 3 aromatic rings. The number of hydrogen-bond donors (Lipinski definition) is 1. The van der Waals surface area contributed by atoms with Crippen molar-refractivity contribution >= 4 is 28.6 Å². The molecule has 6 nitrogen and oxygen atoms in total. The number of alkyl halides is 3. The second-order valence-corrected chi connectivity index (χ2v) is 5.81. The van der Waals surface area contributed by atoms with E-state index in [0.717, 1.165) is 10.8 Å². The van der Waals surface area contributed by atoms with Crippen LogP contribution in [0.3, 0.4) is 0 Å². The average Bonchev–Trinajstić information content (AvgIpc) is 2.97. The summed E-state index contributed by atoms with van der Waals surface area (Å²) in [4.78, 5) is 8.33. The summed E-state index contributed by atoms with van der Waals surface area (Å²) in [6.07, 6.45) is -1.89. The van der Waals surface area contributed by atoms with Crippen LogP contribution in [0.5, 0.6) is 0 Å². The van der Waals surface area contributed by atoms with Crippen LogP contribution in [-0.2, 0) is 6.18 Å². The summed E-state index contributed by atoms with van der Waals surface area (Å²) in [5.41, 5.74) is 0.451. The Hall–Kier alpha value is -1.94. The smallest absolute Gasteiger partial charge is 0.396 e. The van der Waals surface area contributed by atoms with Crippen molar-refractivity contribution < 1.29 is 18.3 Å². The molecule has 10 heteroatoms. The second-order valence-electron chi connectivity index (χ2n) is 4.72. The summed E-state index contributed by atoms with van der Waals surface area (Å²) in [6, 6.07) is 3.21. The Morgan fingerprint density at radius 2 is 2.00 bits per heavy atom. The van der Waals surface area contributed by atoms with Gasteiger partial charge in [0.2, 0.25) is 5.82 Å². The Bertz CT molecular complexity index is 835. The van der Waals surface area contributed by atoms with Gasteiger partial charge in [0.25, 0.3) is 0 Å². The largest absolute Gasteiger partial charge is 0.452 e. The standard InChI is InChI=1S/C13H12F3N5OS/c14-13(15,16)12-20-19-10-11(23-7-2-1-6-22)18-8-4-3-5-17-9(8)21(10)12/h3-5,22H,1-2,6-7H2. The number of hydrogen-bond acceptors (Lipinski definition) is 6. The Labute approximate surface area is 132 Å². The number of rotatable bonds is 5. The highest BCUT2D eigenvalue weighted by Crippen LogP contribution is 2.32. The van der Waals surface area contributed by atoms with E-state index in [0.29, 0.717) is 22.7 Å². The fraction of sp³-hybridized carbons (Fsp3) is 0.385. The molecular formula is C13H12F3N5OS. The molecule has 0 aromatic carbocycles. The van der Waals surface area contributed by atoms with Crippen molar-refractivity contribution in [3.05, 3.63) is 24.2 Å². The van der Waals surface area contributed by atoms with Crippen molar-refractivity contribution in [2.45, 2.75) is 24.0 Å². The van der Waals surface area contributed by atoms with Gasteiger partial charge in [-0.2, -0.15) is 13.2 Å². The van der Waals surface area contributed by atoms with Crippen LogP contribution in [0.15, 0.2) is 23.4 Å². The molecule has 3 heterocycles. The molecule has 0 aliphatic rings. The zero-order chi connectivity index (χ0) is 16.4. The maximum Gasteiger partial charge on any atom is 0.452 e. The number of unbranched alkanes of at least 4 members (excludes halogenated alkanes) is 1. The van der Waals surface area contributed by atoms with Gasteiger partial charge in [-0.1, -0.05) is 0 Å². The van der Waals surface area contributed by atoms with E-state index >= 15 is 0 Å². The molecule has 1 N–H and O–H groups in total. The highest BCUT2D eigenvalue weighted by Gasteiger charge is 2.38. The van der Waals surface area contributed by atoms with E-state index in [1.54, 1.807) is 12.1 Å². The van der Waals surface area contributed by atoms with Crippen LogP contribution >= 0.6 is 11.8 Å². The fourth-order valence-corrected chi connectivity index (χ4v) is 3.06. The molecule has 0 saturated carbocycles. The molecular weight excluding hydrogens is 331 g/mol. The summed E-state index contributed by atoms with van der Waals surface area (Å²) in [6.45, 7) is 0.0776. The van der Waals surface area contributed by atoms with Crippen LogP contribution < -0.4 is 0 Å². The molecule has 3 aromatic heterocycles. The van der Waals surface area contributed by atoms with Gasteiger partial charge < -0.3 is 5.11 Å². The number of nitrogens with zero attached hydrogens (tertiary/aromatic N) is 5. The topological polar surface area (TPSA) is 76.2 Å². The van der Waals surface area contributed by atoms with Crippen LogP contribution in [0, 0.1) is 0 Å². The van der Waals surface area contributed by atoms with Gasteiger partial charge in [0.05, 0.1) is 0 Å².